The molecule has 0 aliphatic rings. The van der Waals surface area contributed by atoms with Crippen LogP contribution in [0.2, 0.25) is 0 Å². The van der Waals surface area contributed by atoms with Gasteiger partial charge in [0, 0.05) is 5.75 Å². The predicted molar refractivity (Wildman–Crippen MR) is 59.3 cm³/mol. The Kier molecular flexibility index (Phi) is 6.25. The summed E-state index contributed by atoms with van der Waals surface area (Å²) >= 11 is 1.68. The zero-order valence-corrected chi connectivity index (χ0v) is 10.7. The first-order chi connectivity index (χ1) is 5.95. The van der Waals surface area contributed by atoms with E-state index in [-0.39, 0.29) is 0 Å². The van der Waals surface area contributed by atoms with Crippen molar-refractivity contribution in [1.82, 2.24) is 9.34 Å². The fraction of sp³-hybridized carbons (Fsp3) is 1.00. The second kappa shape index (κ2) is 6.04. The molecule has 0 bridgehead atoms. The maximum absolute atomic E-state index is 12.1. The standard InChI is InChI=1S/C7H19N2O2PS/c1-8(2)12(10,9(3)4)11-6-7-13-5/h6-7H2,1-5H3. The lowest BCUT2D eigenvalue weighted by atomic mass is 10.9. The minimum atomic E-state index is -2.74. The molecule has 0 atom stereocenters. The molecule has 0 heterocycles. The summed E-state index contributed by atoms with van der Waals surface area (Å²) < 4.78 is 20.8. The van der Waals surface area contributed by atoms with Crippen molar-refractivity contribution in [2.75, 3.05) is 46.8 Å². The van der Waals surface area contributed by atoms with Crippen LogP contribution in [0.4, 0.5) is 0 Å². The molecule has 0 rings (SSSR count). The van der Waals surface area contributed by atoms with Gasteiger partial charge in [0.25, 0.3) is 0 Å². The molecule has 13 heavy (non-hydrogen) atoms. The zero-order valence-electron chi connectivity index (χ0n) is 8.98. The third-order valence-electron chi connectivity index (χ3n) is 1.56. The van der Waals surface area contributed by atoms with Gasteiger partial charge in [-0.25, -0.2) is 9.34 Å². The highest BCUT2D eigenvalue weighted by Gasteiger charge is 2.28. The fourth-order valence-electron chi connectivity index (χ4n) is 0.828. The predicted octanol–water partition coefficient (Wildman–Crippen LogP) is 1.60. The van der Waals surface area contributed by atoms with E-state index in [4.69, 9.17) is 4.52 Å². The van der Waals surface area contributed by atoms with Crippen molar-refractivity contribution in [3.05, 3.63) is 0 Å². The Morgan fingerprint density at radius 2 is 1.69 bits per heavy atom. The van der Waals surface area contributed by atoms with Crippen LogP contribution in [0.15, 0.2) is 0 Å². The Hall–Kier alpha value is 0.460. The van der Waals surface area contributed by atoms with Crippen LogP contribution in [-0.2, 0) is 9.09 Å². The van der Waals surface area contributed by atoms with Gasteiger partial charge >= 0.3 is 7.67 Å². The van der Waals surface area contributed by atoms with Crippen molar-refractivity contribution in [2.24, 2.45) is 0 Å². The molecule has 0 aromatic carbocycles. The van der Waals surface area contributed by atoms with Crippen molar-refractivity contribution in [2.45, 2.75) is 0 Å². The molecular weight excluding hydrogens is 207 g/mol. The van der Waals surface area contributed by atoms with E-state index in [1.165, 1.54) is 0 Å². The number of hydrogen-bond acceptors (Lipinski definition) is 3. The van der Waals surface area contributed by atoms with E-state index >= 15 is 0 Å². The molecule has 80 valence electrons. The lowest BCUT2D eigenvalue weighted by Crippen LogP contribution is -2.23. The molecule has 4 nitrogen and oxygen atoms in total. The van der Waals surface area contributed by atoms with Crippen LogP contribution in [0.1, 0.15) is 0 Å². The monoisotopic (exact) mass is 226 g/mol. The van der Waals surface area contributed by atoms with E-state index in [0.717, 1.165) is 5.75 Å². The van der Waals surface area contributed by atoms with Crippen LogP contribution in [0.5, 0.6) is 0 Å². The average molecular weight is 226 g/mol. The lowest BCUT2D eigenvalue weighted by Gasteiger charge is -2.29. The molecule has 0 aromatic rings. The zero-order chi connectivity index (χ0) is 10.5. The van der Waals surface area contributed by atoms with Crippen LogP contribution in [0.3, 0.4) is 0 Å². The average Bonchev–Trinajstić information content (AvgIpc) is 2.03. The Morgan fingerprint density at radius 1 is 1.23 bits per heavy atom. The maximum atomic E-state index is 12.1. The van der Waals surface area contributed by atoms with Gasteiger partial charge < -0.3 is 4.52 Å². The van der Waals surface area contributed by atoms with Crippen molar-refractivity contribution < 1.29 is 9.09 Å². The van der Waals surface area contributed by atoms with Gasteiger partial charge in [0.05, 0.1) is 6.61 Å². The van der Waals surface area contributed by atoms with E-state index in [2.05, 4.69) is 0 Å². The fourth-order valence-corrected chi connectivity index (χ4v) is 2.71. The number of thioether (sulfide) groups is 1. The Bertz CT molecular complexity index is 175. The molecule has 0 saturated heterocycles. The second-order valence-corrected chi connectivity index (χ2v) is 6.84. The van der Waals surface area contributed by atoms with Crippen LogP contribution in [-0.4, -0.2) is 56.1 Å². The molecule has 0 spiro atoms. The molecule has 0 aromatic heterocycles. The van der Waals surface area contributed by atoms with Crippen LogP contribution in [0.25, 0.3) is 0 Å². The largest absolute Gasteiger partial charge is 0.345 e. The van der Waals surface area contributed by atoms with Gasteiger partial charge in [-0.2, -0.15) is 11.8 Å². The topological polar surface area (TPSA) is 32.8 Å². The van der Waals surface area contributed by atoms with Gasteiger partial charge in [-0.1, -0.05) is 0 Å². The Balaban J connectivity index is 4.18. The van der Waals surface area contributed by atoms with Crippen molar-refractivity contribution in [3.63, 3.8) is 0 Å². The van der Waals surface area contributed by atoms with E-state index in [1.54, 1.807) is 49.3 Å². The molecule has 0 amide bonds. The SMILES string of the molecule is CSCCOP(=O)(N(C)C)N(C)C. The van der Waals surface area contributed by atoms with E-state index in [9.17, 15) is 4.57 Å². The summed E-state index contributed by atoms with van der Waals surface area (Å²) in [6.45, 7) is 0.523. The maximum Gasteiger partial charge on any atom is 0.345 e. The summed E-state index contributed by atoms with van der Waals surface area (Å²) in [7, 11) is 4.32. The molecule has 0 radical (unpaired) electrons. The van der Waals surface area contributed by atoms with Gasteiger partial charge in [0.15, 0.2) is 0 Å². The first-order valence-corrected chi connectivity index (χ1v) is 6.96. The van der Waals surface area contributed by atoms with Crippen LogP contribution in [0, 0.1) is 0 Å². The molecule has 0 aliphatic heterocycles. The van der Waals surface area contributed by atoms with E-state index < -0.39 is 7.67 Å². The molecule has 0 N–H and O–H groups in total. The second-order valence-electron chi connectivity index (χ2n) is 3.01. The van der Waals surface area contributed by atoms with Gasteiger partial charge in [0.1, 0.15) is 0 Å². The first kappa shape index (κ1) is 13.5. The van der Waals surface area contributed by atoms with Crippen LogP contribution < -0.4 is 0 Å². The van der Waals surface area contributed by atoms with Gasteiger partial charge in [0.2, 0.25) is 0 Å². The summed E-state index contributed by atoms with van der Waals surface area (Å²) in [6.07, 6.45) is 2.00. The smallest absolute Gasteiger partial charge is 0.305 e. The summed E-state index contributed by atoms with van der Waals surface area (Å²) in [5.74, 6) is 0.867. The molecule has 0 unspecified atom stereocenters. The number of nitrogens with zero attached hydrogens (tertiary/aromatic N) is 2. The molecule has 0 aliphatic carbocycles. The van der Waals surface area contributed by atoms with Crippen molar-refractivity contribution in [1.29, 1.82) is 0 Å². The minimum Gasteiger partial charge on any atom is -0.305 e. The first-order valence-electron chi connectivity index (χ1n) is 4.04. The van der Waals surface area contributed by atoms with E-state index in [1.807, 2.05) is 6.26 Å². The minimum absolute atomic E-state index is 0.523. The highest BCUT2D eigenvalue weighted by Crippen LogP contribution is 2.50. The highest BCUT2D eigenvalue weighted by molar-refractivity contribution is 7.98. The summed E-state index contributed by atoms with van der Waals surface area (Å²) in [4.78, 5) is 0. The highest BCUT2D eigenvalue weighted by atomic mass is 32.2. The number of hydrogen-bond donors (Lipinski definition) is 0. The van der Waals surface area contributed by atoms with Crippen LogP contribution >= 0.6 is 19.4 Å². The molecular formula is C7H19N2O2PS. The lowest BCUT2D eigenvalue weighted by molar-refractivity contribution is 0.260. The van der Waals surface area contributed by atoms with Crippen molar-refractivity contribution >= 4 is 19.4 Å². The molecule has 0 fully saturated rings. The van der Waals surface area contributed by atoms with E-state index in [0.29, 0.717) is 6.61 Å². The summed E-state index contributed by atoms with van der Waals surface area (Å²) in [5.41, 5.74) is 0. The Morgan fingerprint density at radius 3 is 2.00 bits per heavy atom. The van der Waals surface area contributed by atoms with Gasteiger partial charge in [-0.05, 0) is 34.4 Å². The van der Waals surface area contributed by atoms with Gasteiger partial charge in [-0.3, -0.25) is 4.57 Å². The molecule has 0 saturated carbocycles. The molecule has 6 heteroatoms. The third kappa shape index (κ3) is 4.00. The summed E-state index contributed by atoms with van der Waals surface area (Å²) in [5, 5.41) is 0. The number of rotatable bonds is 6. The Labute approximate surface area is 85.2 Å². The third-order valence-corrected chi connectivity index (χ3v) is 4.67. The van der Waals surface area contributed by atoms with Gasteiger partial charge in [-0.15, -0.1) is 0 Å². The normalized spacial score (nSPS) is 12.8. The quantitative estimate of drug-likeness (QED) is 0.507. The van der Waals surface area contributed by atoms with Crippen molar-refractivity contribution in [3.8, 4) is 0 Å². The summed E-state index contributed by atoms with van der Waals surface area (Å²) in [6, 6.07) is 0.